The fourth-order valence-electron chi connectivity index (χ4n) is 1.63. The first-order valence-electron chi connectivity index (χ1n) is 4.24. The normalized spacial score (nSPS) is 18.0. The molecule has 15 heavy (non-hydrogen) atoms. The maximum Gasteiger partial charge on any atom is 0.206 e. The van der Waals surface area contributed by atoms with Crippen molar-refractivity contribution >= 4 is 11.6 Å². The van der Waals surface area contributed by atoms with Crippen LogP contribution in [0.25, 0.3) is 0 Å². The molecule has 0 aromatic heterocycles. The maximum absolute atomic E-state index is 11.6. The molecule has 78 valence electrons. The van der Waals surface area contributed by atoms with Crippen LogP contribution in [0, 0.1) is 0 Å². The van der Waals surface area contributed by atoms with Gasteiger partial charge < -0.3 is 15.3 Å². The van der Waals surface area contributed by atoms with Crippen molar-refractivity contribution in [3.8, 4) is 11.5 Å². The number of aromatic hydroxyl groups is 2. The number of rotatable bonds is 0. The van der Waals surface area contributed by atoms with E-state index < -0.39 is 28.7 Å². The highest BCUT2D eigenvalue weighted by Crippen LogP contribution is 2.39. The number of hydrogen-bond donors (Lipinski definition) is 3. The van der Waals surface area contributed by atoms with Crippen molar-refractivity contribution in [2.45, 2.75) is 12.5 Å². The van der Waals surface area contributed by atoms with E-state index in [1.54, 1.807) is 0 Å². The first-order valence-corrected chi connectivity index (χ1v) is 4.24. The van der Waals surface area contributed by atoms with Crippen molar-refractivity contribution in [1.82, 2.24) is 0 Å². The zero-order valence-electron chi connectivity index (χ0n) is 7.81. The number of phenols is 2. The van der Waals surface area contributed by atoms with E-state index in [0.717, 1.165) is 19.1 Å². The summed E-state index contributed by atoms with van der Waals surface area (Å²) >= 11 is 0. The standard InChI is InChI=1S/C10H8O5/c1-10(15)8(13)6-4(11)2-3-5(12)7(6)9(10)14/h2-3,11-12,15H,1H3. The third-order valence-corrected chi connectivity index (χ3v) is 2.50. The van der Waals surface area contributed by atoms with E-state index in [0.29, 0.717) is 0 Å². The lowest BCUT2D eigenvalue weighted by Gasteiger charge is -2.10. The second-order valence-electron chi connectivity index (χ2n) is 3.58. The number of phenolic OH excluding ortho intramolecular Hbond substituents is 2. The Bertz CT molecular complexity index is 444. The summed E-state index contributed by atoms with van der Waals surface area (Å²) in [5.74, 6) is -2.62. The number of carbonyl (C=O) groups excluding carboxylic acids is 2. The van der Waals surface area contributed by atoms with E-state index in [1.165, 1.54) is 0 Å². The van der Waals surface area contributed by atoms with Crippen LogP contribution in [0.5, 0.6) is 11.5 Å². The van der Waals surface area contributed by atoms with Gasteiger partial charge in [0.2, 0.25) is 11.6 Å². The van der Waals surface area contributed by atoms with Crippen molar-refractivity contribution in [3.63, 3.8) is 0 Å². The van der Waals surface area contributed by atoms with Gasteiger partial charge >= 0.3 is 0 Å². The number of benzene rings is 1. The Morgan fingerprint density at radius 3 is 1.67 bits per heavy atom. The molecule has 0 fully saturated rings. The van der Waals surface area contributed by atoms with Gasteiger partial charge in [0.05, 0.1) is 11.1 Å². The molecule has 1 aliphatic rings. The molecule has 2 rings (SSSR count). The third kappa shape index (κ3) is 1.01. The molecule has 0 radical (unpaired) electrons. The molecule has 0 unspecified atom stereocenters. The molecular weight excluding hydrogens is 200 g/mol. The quantitative estimate of drug-likeness (QED) is 0.419. The van der Waals surface area contributed by atoms with Gasteiger partial charge in [0.1, 0.15) is 11.5 Å². The zero-order valence-corrected chi connectivity index (χ0v) is 7.81. The fraction of sp³-hybridized carbons (Fsp3) is 0.200. The van der Waals surface area contributed by atoms with Crippen LogP contribution in [-0.4, -0.2) is 32.5 Å². The largest absolute Gasteiger partial charge is 0.507 e. The van der Waals surface area contributed by atoms with Crippen LogP contribution in [-0.2, 0) is 0 Å². The second kappa shape index (κ2) is 2.58. The van der Waals surface area contributed by atoms with Crippen LogP contribution in [0.4, 0.5) is 0 Å². The Labute approximate surface area is 84.6 Å². The fourth-order valence-corrected chi connectivity index (χ4v) is 1.63. The van der Waals surface area contributed by atoms with Crippen molar-refractivity contribution in [1.29, 1.82) is 0 Å². The van der Waals surface area contributed by atoms with E-state index in [-0.39, 0.29) is 11.1 Å². The number of Topliss-reactive ketones (excluding diaryl/α,β-unsaturated/α-hetero) is 2. The molecule has 0 aliphatic heterocycles. The van der Waals surface area contributed by atoms with E-state index in [2.05, 4.69) is 0 Å². The smallest absolute Gasteiger partial charge is 0.206 e. The van der Waals surface area contributed by atoms with Gasteiger partial charge in [-0.15, -0.1) is 0 Å². The Kier molecular flexibility index (Phi) is 1.66. The average molecular weight is 208 g/mol. The Morgan fingerprint density at radius 2 is 1.33 bits per heavy atom. The van der Waals surface area contributed by atoms with Gasteiger partial charge in [-0.1, -0.05) is 0 Å². The maximum atomic E-state index is 11.6. The number of hydrogen-bond acceptors (Lipinski definition) is 5. The van der Waals surface area contributed by atoms with E-state index >= 15 is 0 Å². The summed E-state index contributed by atoms with van der Waals surface area (Å²) in [5.41, 5.74) is -2.83. The van der Waals surface area contributed by atoms with E-state index in [1.807, 2.05) is 0 Å². The van der Waals surface area contributed by atoms with Gasteiger partial charge in [-0.25, -0.2) is 0 Å². The topological polar surface area (TPSA) is 94.8 Å². The van der Waals surface area contributed by atoms with Crippen molar-refractivity contribution < 1.29 is 24.9 Å². The van der Waals surface area contributed by atoms with Crippen LogP contribution in [0.15, 0.2) is 12.1 Å². The Balaban J connectivity index is 2.84. The summed E-state index contributed by atoms with van der Waals surface area (Å²) in [6.45, 7) is 1.04. The highest BCUT2D eigenvalue weighted by atomic mass is 16.3. The Morgan fingerprint density at radius 1 is 1.00 bits per heavy atom. The molecular formula is C10H8O5. The van der Waals surface area contributed by atoms with Gasteiger partial charge in [-0.3, -0.25) is 9.59 Å². The van der Waals surface area contributed by atoms with Crippen LogP contribution in [0.3, 0.4) is 0 Å². The molecule has 3 N–H and O–H groups in total. The van der Waals surface area contributed by atoms with Crippen molar-refractivity contribution in [2.24, 2.45) is 0 Å². The second-order valence-corrected chi connectivity index (χ2v) is 3.58. The first kappa shape index (κ1) is 9.67. The summed E-state index contributed by atoms with van der Waals surface area (Å²) in [7, 11) is 0. The summed E-state index contributed by atoms with van der Waals surface area (Å²) in [6.07, 6.45) is 0. The van der Waals surface area contributed by atoms with Crippen LogP contribution in [0.2, 0.25) is 0 Å². The zero-order chi connectivity index (χ0) is 11.4. The highest BCUT2D eigenvalue weighted by Gasteiger charge is 2.50. The monoisotopic (exact) mass is 208 g/mol. The first-order chi connectivity index (χ1) is 6.87. The minimum Gasteiger partial charge on any atom is -0.507 e. The van der Waals surface area contributed by atoms with Gasteiger partial charge in [-0.2, -0.15) is 0 Å². The van der Waals surface area contributed by atoms with E-state index in [4.69, 9.17) is 0 Å². The molecule has 0 saturated heterocycles. The minimum atomic E-state index is -2.20. The average Bonchev–Trinajstić information content (AvgIpc) is 2.35. The molecule has 5 heteroatoms. The van der Waals surface area contributed by atoms with Gasteiger partial charge in [0, 0.05) is 0 Å². The summed E-state index contributed by atoms with van der Waals surface area (Å²) in [6, 6.07) is 2.20. The number of fused-ring (bicyclic) bond motifs is 1. The van der Waals surface area contributed by atoms with Gasteiger partial charge in [-0.05, 0) is 19.1 Å². The molecule has 1 aliphatic carbocycles. The van der Waals surface area contributed by atoms with Crippen molar-refractivity contribution in [3.05, 3.63) is 23.3 Å². The number of carbonyl (C=O) groups is 2. The van der Waals surface area contributed by atoms with Crippen LogP contribution < -0.4 is 0 Å². The molecule has 0 amide bonds. The molecule has 1 aromatic rings. The lowest BCUT2D eigenvalue weighted by atomic mass is 10.0. The van der Waals surface area contributed by atoms with Crippen LogP contribution in [0.1, 0.15) is 27.6 Å². The van der Waals surface area contributed by atoms with Gasteiger partial charge in [0.25, 0.3) is 0 Å². The molecule has 0 spiro atoms. The lowest BCUT2D eigenvalue weighted by molar-refractivity contribution is 0.0395. The van der Waals surface area contributed by atoms with E-state index in [9.17, 15) is 24.9 Å². The molecule has 0 saturated carbocycles. The molecule has 0 heterocycles. The molecule has 0 atom stereocenters. The Hall–Kier alpha value is -1.88. The summed E-state index contributed by atoms with van der Waals surface area (Å²) < 4.78 is 0. The minimum absolute atomic E-state index is 0.315. The lowest BCUT2D eigenvalue weighted by Crippen LogP contribution is -2.37. The third-order valence-electron chi connectivity index (χ3n) is 2.50. The predicted octanol–water partition coefficient (Wildman–Crippen LogP) is 0.228. The summed E-state index contributed by atoms with van der Waals surface area (Å²) in [5, 5.41) is 28.3. The highest BCUT2D eigenvalue weighted by molar-refractivity contribution is 6.33. The molecule has 0 bridgehead atoms. The number of aliphatic hydroxyl groups is 1. The predicted molar refractivity (Wildman–Crippen MR) is 49.1 cm³/mol. The number of ketones is 2. The van der Waals surface area contributed by atoms with Gasteiger partial charge in [0.15, 0.2) is 5.60 Å². The summed E-state index contributed by atoms with van der Waals surface area (Å²) in [4.78, 5) is 23.1. The SMILES string of the molecule is CC1(O)C(=O)c2c(O)ccc(O)c2C1=O. The van der Waals surface area contributed by atoms with Crippen molar-refractivity contribution in [2.75, 3.05) is 0 Å². The molecule has 5 nitrogen and oxygen atoms in total. The van der Waals surface area contributed by atoms with Crippen LogP contribution >= 0.6 is 0 Å². The molecule has 1 aromatic carbocycles.